The van der Waals surface area contributed by atoms with Gasteiger partial charge in [0, 0.05) is 19.6 Å². The topological polar surface area (TPSA) is 41.1 Å². The number of anilines is 2. The molecule has 0 atom stereocenters. The van der Waals surface area contributed by atoms with E-state index in [0.29, 0.717) is 6.04 Å². The first-order chi connectivity index (χ1) is 9.29. The molecule has 4 nitrogen and oxygen atoms in total. The zero-order valence-electron chi connectivity index (χ0n) is 11.5. The first-order valence-corrected chi connectivity index (χ1v) is 7.89. The molecule has 3 rings (SSSR count). The Bertz CT molecular complexity index is 562. The van der Waals surface area contributed by atoms with E-state index in [9.17, 15) is 0 Å². The Morgan fingerprint density at radius 1 is 1.42 bits per heavy atom. The molecule has 1 saturated carbocycles. The lowest BCUT2D eigenvalue weighted by molar-refractivity contribution is 0.400. The molecule has 0 aliphatic heterocycles. The van der Waals surface area contributed by atoms with Crippen molar-refractivity contribution in [3.8, 4) is 0 Å². The summed E-state index contributed by atoms with van der Waals surface area (Å²) in [5, 5.41) is 6.58. The molecule has 2 heterocycles. The number of aromatic nitrogens is 2. The van der Waals surface area contributed by atoms with Crippen LogP contribution in [0.4, 0.5) is 11.8 Å². The molecule has 1 N–H and O–H groups in total. The second-order valence-corrected chi connectivity index (χ2v) is 6.03. The van der Waals surface area contributed by atoms with Gasteiger partial charge in [-0.15, -0.1) is 11.3 Å². The van der Waals surface area contributed by atoms with Crippen molar-refractivity contribution in [1.29, 1.82) is 0 Å². The average Bonchev–Trinajstić information content (AvgIpc) is 2.81. The maximum atomic E-state index is 4.72. The lowest BCUT2D eigenvalue weighted by Gasteiger charge is -2.35. The third-order valence-electron chi connectivity index (χ3n) is 3.79. The fourth-order valence-corrected chi connectivity index (χ4v) is 3.13. The summed E-state index contributed by atoms with van der Waals surface area (Å²) in [7, 11) is 2.16. The standard InChI is InChI=1S/C14H20N4S/c1-3-8-15-14-16-12(18(2)10-5-4-6-10)11-7-9-19-13(11)17-14/h7,9-10H,3-6,8H2,1-2H3,(H,15,16,17). The van der Waals surface area contributed by atoms with Crippen LogP contribution in [0.1, 0.15) is 32.6 Å². The predicted octanol–water partition coefficient (Wildman–Crippen LogP) is 3.50. The molecule has 0 radical (unpaired) electrons. The number of fused-ring (bicyclic) bond motifs is 1. The number of rotatable bonds is 5. The average molecular weight is 276 g/mol. The molecule has 102 valence electrons. The molecular formula is C14H20N4S. The summed E-state index contributed by atoms with van der Waals surface area (Å²) in [4.78, 5) is 12.7. The van der Waals surface area contributed by atoms with Gasteiger partial charge in [-0.3, -0.25) is 0 Å². The number of thiophene rings is 1. The summed E-state index contributed by atoms with van der Waals surface area (Å²) >= 11 is 1.69. The van der Waals surface area contributed by atoms with E-state index >= 15 is 0 Å². The van der Waals surface area contributed by atoms with E-state index in [0.717, 1.165) is 29.6 Å². The molecule has 0 bridgehead atoms. The lowest BCUT2D eigenvalue weighted by atomic mass is 9.92. The quantitative estimate of drug-likeness (QED) is 0.907. The van der Waals surface area contributed by atoms with Crippen molar-refractivity contribution in [2.75, 3.05) is 23.8 Å². The molecule has 1 fully saturated rings. The van der Waals surface area contributed by atoms with Gasteiger partial charge in [0.15, 0.2) is 0 Å². The molecule has 0 spiro atoms. The van der Waals surface area contributed by atoms with Gasteiger partial charge in [-0.1, -0.05) is 6.92 Å². The number of nitrogens with one attached hydrogen (secondary N) is 1. The minimum absolute atomic E-state index is 0.650. The number of hydrogen-bond acceptors (Lipinski definition) is 5. The molecule has 0 saturated heterocycles. The van der Waals surface area contributed by atoms with E-state index in [1.165, 1.54) is 24.6 Å². The van der Waals surface area contributed by atoms with Gasteiger partial charge in [0.25, 0.3) is 0 Å². The Morgan fingerprint density at radius 2 is 2.26 bits per heavy atom. The summed E-state index contributed by atoms with van der Waals surface area (Å²) in [5.74, 6) is 1.84. The van der Waals surface area contributed by atoms with Gasteiger partial charge in [-0.2, -0.15) is 4.98 Å². The van der Waals surface area contributed by atoms with E-state index in [2.05, 4.69) is 40.6 Å². The van der Waals surface area contributed by atoms with E-state index in [1.807, 2.05) is 0 Å². The van der Waals surface area contributed by atoms with Crippen LogP contribution in [0.5, 0.6) is 0 Å². The lowest BCUT2D eigenvalue weighted by Crippen LogP contribution is -2.37. The number of nitrogens with zero attached hydrogens (tertiary/aromatic N) is 3. The first-order valence-electron chi connectivity index (χ1n) is 7.01. The van der Waals surface area contributed by atoms with Crippen molar-refractivity contribution in [3.05, 3.63) is 11.4 Å². The van der Waals surface area contributed by atoms with Crippen LogP contribution in [-0.2, 0) is 0 Å². The van der Waals surface area contributed by atoms with Crippen molar-refractivity contribution < 1.29 is 0 Å². The monoisotopic (exact) mass is 276 g/mol. The SMILES string of the molecule is CCCNc1nc(N(C)C2CCC2)c2ccsc2n1. The first kappa shape index (κ1) is 12.7. The van der Waals surface area contributed by atoms with Gasteiger partial charge in [0.2, 0.25) is 5.95 Å². The van der Waals surface area contributed by atoms with Gasteiger partial charge in [-0.25, -0.2) is 4.98 Å². The van der Waals surface area contributed by atoms with Crippen LogP contribution in [0.15, 0.2) is 11.4 Å². The molecule has 1 aliphatic rings. The highest BCUT2D eigenvalue weighted by molar-refractivity contribution is 7.16. The van der Waals surface area contributed by atoms with Crippen LogP contribution in [0.25, 0.3) is 10.2 Å². The maximum Gasteiger partial charge on any atom is 0.226 e. The van der Waals surface area contributed by atoms with Crippen molar-refractivity contribution in [1.82, 2.24) is 9.97 Å². The predicted molar refractivity (Wildman–Crippen MR) is 82.2 cm³/mol. The molecule has 0 unspecified atom stereocenters. The fourth-order valence-electron chi connectivity index (χ4n) is 2.37. The fraction of sp³-hybridized carbons (Fsp3) is 0.571. The normalized spacial score (nSPS) is 15.5. The molecule has 19 heavy (non-hydrogen) atoms. The van der Waals surface area contributed by atoms with Gasteiger partial charge in [0.05, 0.1) is 5.39 Å². The van der Waals surface area contributed by atoms with E-state index in [-0.39, 0.29) is 0 Å². The molecule has 1 aliphatic carbocycles. The summed E-state index contributed by atoms with van der Waals surface area (Å²) < 4.78 is 0. The highest BCUT2D eigenvalue weighted by Crippen LogP contribution is 2.33. The van der Waals surface area contributed by atoms with E-state index in [4.69, 9.17) is 4.98 Å². The molecule has 2 aromatic rings. The minimum atomic E-state index is 0.650. The van der Waals surface area contributed by atoms with Crippen LogP contribution >= 0.6 is 11.3 Å². The summed E-state index contributed by atoms with van der Waals surface area (Å²) in [6.07, 6.45) is 4.99. The zero-order valence-corrected chi connectivity index (χ0v) is 12.3. The molecule has 0 amide bonds. The maximum absolute atomic E-state index is 4.72. The minimum Gasteiger partial charge on any atom is -0.356 e. The highest BCUT2D eigenvalue weighted by atomic mass is 32.1. The van der Waals surface area contributed by atoms with Crippen LogP contribution in [0.2, 0.25) is 0 Å². The Hall–Kier alpha value is -1.36. The largest absolute Gasteiger partial charge is 0.356 e. The smallest absolute Gasteiger partial charge is 0.226 e. The molecule has 5 heteroatoms. The van der Waals surface area contributed by atoms with Crippen LogP contribution in [0, 0.1) is 0 Å². The van der Waals surface area contributed by atoms with Gasteiger partial charge in [0.1, 0.15) is 10.6 Å². The highest BCUT2D eigenvalue weighted by Gasteiger charge is 2.25. The Kier molecular flexibility index (Phi) is 3.55. The Balaban J connectivity index is 1.97. The van der Waals surface area contributed by atoms with Gasteiger partial charge < -0.3 is 10.2 Å². The Labute approximate surface area is 117 Å². The van der Waals surface area contributed by atoms with Crippen LogP contribution < -0.4 is 10.2 Å². The molecular weight excluding hydrogens is 256 g/mol. The van der Waals surface area contributed by atoms with Crippen LogP contribution in [0.3, 0.4) is 0 Å². The van der Waals surface area contributed by atoms with Crippen LogP contribution in [-0.4, -0.2) is 29.6 Å². The van der Waals surface area contributed by atoms with Gasteiger partial charge in [-0.05, 0) is 37.1 Å². The van der Waals surface area contributed by atoms with Crippen molar-refractivity contribution in [2.24, 2.45) is 0 Å². The third kappa shape index (κ3) is 2.39. The van der Waals surface area contributed by atoms with Crippen molar-refractivity contribution in [3.63, 3.8) is 0 Å². The van der Waals surface area contributed by atoms with Crippen molar-refractivity contribution >= 4 is 33.3 Å². The summed E-state index contributed by atoms with van der Waals surface area (Å²) in [6.45, 7) is 3.07. The molecule has 0 aromatic carbocycles. The van der Waals surface area contributed by atoms with E-state index < -0.39 is 0 Å². The van der Waals surface area contributed by atoms with E-state index in [1.54, 1.807) is 11.3 Å². The summed E-state index contributed by atoms with van der Waals surface area (Å²) in [6, 6.07) is 2.78. The zero-order chi connectivity index (χ0) is 13.2. The van der Waals surface area contributed by atoms with Gasteiger partial charge >= 0.3 is 0 Å². The Morgan fingerprint density at radius 3 is 2.95 bits per heavy atom. The molecule has 2 aromatic heterocycles. The second-order valence-electron chi connectivity index (χ2n) is 5.13. The number of hydrogen-bond donors (Lipinski definition) is 1. The second kappa shape index (κ2) is 5.33. The summed E-state index contributed by atoms with van der Waals surface area (Å²) in [5.41, 5.74) is 0. The van der Waals surface area contributed by atoms with Crippen molar-refractivity contribution in [2.45, 2.75) is 38.6 Å². The third-order valence-corrected chi connectivity index (χ3v) is 4.60.